The average molecular weight is 385 g/mol. The molecule has 1 saturated heterocycles. The largest absolute Gasteiger partial charge is 0.493 e. The maximum atomic E-state index is 12.4. The van der Waals surface area contributed by atoms with Crippen molar-refractivity contribution in [3.63, 3.8) is 0 Å². The van der Waals surface area contributed by atoms with Crippen LogP contribution in [0.1, 0.15) is 41.9 Å². The van der Waals surface area contributed by atoms with Gasteiger partial charge in [0.1, 0.15) is 11.5 Å². The molecule has 7 heteroatoms. The van der Waals surface area contributed by atoms with E-state index in [-0.39, 0.29) is 24.4 Å². The number of carbonyl (C=O) groups is 2. The second-order valence-electron chi connectivity index (χ2n) is 6.69. The summed E-state index contributed by atoms with van der Waals surface area (Å²) in [6.45, 7) is 4.66. The second-order valence-corrected chi connectivity index (χ2v) is 6.69. The number of ether oxygens (including phenoxy) is 1. The Hall–Kier alpha value is -2.80. The molecule has 0 bridgehead atoms. The fraction of sp³-hybridized carbons (Fsp3) is 0.429. The predicted octanol–water partition coefficient (Wildman–Crippen LogP) is 2.36. The number of benzene rings is 1. The van der Waals surface area contributed by atoms with Gasteiger partial charge in [-0.3, -0.25) is 14.5 Å². The lowest BCUT2D eigenvalue weighted by Crippen LogP contribution is -2.41. The third-order valence-electron chi connectivity index (χ3n) is 4.79. The maximum Gasteiger partial charge on any atom is 0.255 e. The van der Waals surface area contributed by atoms with Crippen LogP contribution in [-0.4, -0.2) is 49.5 Å². The van der Waals surface area contributed by atoms with Crippen molar-refractivity contribution in [2.45, 2.75) is 25.8 Å². The smallest absolute Gasteiger partial charge is 0.255 e. The highest BCUT2D eigenvalue weighted by atomic mass is 16.5. The first-order valence-electron chi connectivity index (χ1n) is 9.73. The van der Waals surface area contributed by atoms with E-state index in [1.165, 1.54) is 0 Å². The minimum Gasteiger partial charge on any atom is -0.493 e. The first kappa shape index (κ1) is 19.9. The summed E-state index contributed by atoms with van der Waals surface area (Å²) in [5.74, 6) is 0.783. The summed E-state index contributed by atoms with van der Waals surface area (Å²) < 4.78 is 11.0. The average Bonchev–Trinajstić information content (AvgIpc) is 3.42. The van der Waals surface area contributed by atoms with Crippen molar-refractivity contribution >= 4 is 11.8 Å². The Morgan fingerprint density at radius 3 is 2.64 bits per heavy atom. The van der Waals surface area contributed by atoms with Crippen molar-refractivity contribution < 1.29 is 18.7 Å². The van der Waals surface area contributed by atoms with Crippen LogP contribution in [-0.2, 0) is 4.79 Å². The number of amides is 2. The van der Waals surface area contributed by atoms with Gasteiger partial charge in [0.15, 0.2) is 0 Å². The summed E-state index contributed by atoms with van der Waals surface area (Å²) in [5, 5.41) is 5.57. The van der Waals surface area contributed by atoms with Gasteiger partial charge in [0.05, 0.1) is 31.0 Å². The third-order valence-corrected chi connectivity index (χ3v) is 4.79. The van der Waals surface area contributed by atoms with Crippen molar-refractivity contribution in [2.24, 2.45) is 0 Å². The van der Waals surface area contributed by atoms with Crippen LogP contribution in [0.5, 0.6) is 5.75 Å². The van der Waals surface area contributed by atoms with E-state index in [0.29, 0.717) is 24.5 Å². The molecule has 2 heterocycles. The van der Waals surface area contributed by atoms with Gasteiger partial charge in [-0.25, -0.2) is 0 Å². The molecule has 1 unspecified atom stereocenters. The number of rotatable bonds is 9. The maximum absolute atomic E-state index is 12.4. The number of nitrogens with one attached hydrogen (secondary N) is 2. The highest BCUT2D eigenvalue weighted by Gasteiger charge is 2.26. The first-order valence-corrected chi connectivity index (χ1v) is 9.73. The molecule has 0 spiro atoms. The molecule has 0 aliphatic carbocycles. The number of likely N-dealkylation sites (tertiary alicyclic amines) is 1. The molecule has 0 radical (unpaired) electrons. The molecule has 1 aromatic carbocycles. The van der Waals surface area contributed by atoms with E-state index in [9.17, 15) is 9.59 Å². The van der Waals surface area contributed by atoms with Gasteiger partial charge in [0.25, 0.3) is 5.91 Å². The van der Waals surface area contributed by atoms with E-state index in [1.54, 1.807) is 24.5 Å². The molecule has 0 saturated carbocycles. The lowest BCUT2D eigenvalue weighted by molar-refractivity contribution is -0.120. The molecular weight excluding hydrogens is 358 g/mol. The SMILES string of the molecule is CCOc1ccccc1C(=O)NCC(=O)NCC(c1ccco1)N1CCCC1. The van der Waals surface area contributed by atoms with Gasteiger partial charge in [-0.15, -0.1) is 0 Å². The Morgan fingerprint density at radius 2 is 1.93 bits per heavy atom. The number of hydrogen-bond acceptors (Lipinski definition) is 5. The predicted molar refractivity (Wildman–Crippen MR) is 105 cm³/mol. The van der Waals surface area contributed by atoms with Gasteiger partial charge < -0.3 is 19.8 Å². The fourth-order valence-electron chi connectivity index (χ4n) is 3.41. The summed E-state index contributed by atoms with van der Waals surface area (Å²) >= 11 is 0. The zero-order valence-electron chi connectivity index (χ0n) is 16.1. The zero-order valence-corrected chi connectivity index (χ0v) is 16.1. The van der Waals surface area contributed by atoms with Crippen molar-refractivity contribution in [1.82, 2.24) is 15.5 Å². The van der Waals surface area contributed by atoms with Crippen molar-refractivity contribution in [3.05, 3.63) is 54.0 Å². The van der Waals surface area contributed by atoms with Crippen molar-refractivity contribution in [2.75, 3.05) is 32.8 Å². The van der Waals surface area contributed by atoms with Gasteiger partial charge >= 0.3 is 0 Å². The Labute approximate surface area is 165 Å². The summed E-state index contributed by atoms with van der Waals surface area (Å²) in [5.41, 5.74) is 0.419. The molecule has 1 aromatic heterocycles. The standard InChI is InChI=1S/C21H27N3O4/c1-2-27-18-9-4-3-8-16(18)21(26)23-15-20(25)22-14-17(19-10-7-13-28-19)24-11-5-6-12-24/h3-4,7-10,13,17H,2,5-6,11-12,14-15H2,1H3,(H,22,25)(H,23,26). The molecular formula is C21H27N3O4. The van der Waals surface area contributed by atoms with Crippen molar-refractivity contribution in [1.29, 1.82) is 0 Å². The van der Waals surface area contributed by atoms with Crippen molar-refractivity contribution in [3.8, 4) is 5.75 Å². The molecule has 1 aliphatic rings. The van der Waals surface area contributed by atoms with Crippen LogP contribution in [0.3, 0.4) is 0 Å². The van der Waals surface area contributed by atoms with Crippen LogP contribution in [0.2, 0.25) is 0 Å². The lowest BCUT2D eigenvalue weighted by Gasteiger charge is -2.26. The quantitative estimate of drug-likeness (QED) is 0.692. The van der Waals surface area contributed by atoms with E-state index < -0.39 is 0 Å². The van der Waals surface area contributed by atoms with E-state index in [1.807, 2.05) is 25.1 Å². The third kappa shape index (κ3) is 5.13. The van der Waals surface area contributed by atoms with Gasteiger partial charge in [-0.2, -0.15) is 0 Å². The van der Waals surface area contributed by atoms with Crippen LogP contribution in [0, 0.1) is 0 Å². The minimum absolute atomic E-state index is 0.0100. The van der Waals surface area contributed by atoms with E-state index >= 15 is 0 Å². The van der Waals surface area contributed by atoms with E-state index in [4.69, 9.17) is 9.15 Å². The first-order chi connectivity index (χ1) is 13.7. The summed E-state index contributed by atoms with van der Waals surface area (Å²) in [6, 6.07) is 10.8. The van der Waals surface area contributed by atoms with Gasteiger partial charge in [-0.1, -0.05) is 12.1 Å². The molecule has 28 heavy (non-hydrogen) atoms. The molecule has 2 aromatic rings. The summed E-state index contributed by atoms with van der Waals surface area (Å²) in [7, 11) is 0. The Kier molecular flexibility index (Phi) is 7.08. The molecule has 1 atom stereocenters. The van der Waals surface area contributed by atoms with Crippen LogP contribution < -0.4 is 15.4 Å². The topological polar surface area (TPSA) is 83.8 Å². The monoisotopic (exact) mass is 385 g/mol. The van der Waals surface area contributed by atoms with E-state index in [0.717, 1.165) is 31.7 Å². The van der Waals surface area contributed by atoms with Crippen LogP contribution in [0.25, 0.3) is 0 Å². The minimum atomic E-state index is -0.332. The molecule has 1 fully saturated rings. The van der Waals surface area contributed by atoms with E-state index in [2.05, 4.69) is 15.5 Å². The molecule has 7 nitrogen and oxygen atoms in total. The molecule has 3 rings (SSSR count). The second kappa shape index (κ2) is 9.94. The number of carbonyl (C=O) groups excluding carboxylic acids is 2. The van der Waals surface area contributed by atoms with Gasteiger partial charge in [0.2, 0.25) is 5.91 Å². The number of para-hydroxylation sites is 1. The Balaban J connectivity index is 1.51. The molecule has 2 N–H and O–H groups in total. The normalized spacial score (nSPS) is 15.2. The number of hydrogen-bond donors (Lipinski definition) is 2. The highest BCUT2D eigenvalue weighted by molar-refractivity contribution is 5.98. The highest BCUT2D eigenvalue weighted by Crippen LogP contribution is 2.24. The van der Waals surface area contributed by atoms with Crippen LogP contribution in [0.15, 0.2) is 47.1 Å². The number of nitrogens with zero attached hydrogens (tertiary/aromatic N) is 1. The van der Waals surface area contributed by atoms with Gasteiger partial charge in [-0.05, 0) is 57.1 Å². The zero-order chi connectivity index (χ0) is 19.8. The molecule has 150 valence electrons. The van der Waals surface area contributed by atoms with Gasteiger partial charge in [0, 0.05) is 6.54 Å². The molecule has 1 aliphatic heterocycles. The summed E-state index contributed by atoms with van der Waals surface area (Å²) in [6.07, 6.45) is 3.96. The van der Waals surface area contributed by atoms with Crippen LogP contribution in [0.4, 0.5) is 0 Å². The Morgan fingerprint density at radius 1 is 1.14 bits per heavy atom. The lowest BCUT2D eigenvalue weighted by atomic mass is 10.2. The Bertz CT molecular complexity index is 770. The van der Waals surface area contributed by atoms with Crippen LogP contribution >= 0.6 is 0 Å². The summed E-state index contributed by atoms with van der Waals surface area (Å²) in [4.78, 5) is 27.0. The molecule has 2 amide bonds. The fourth-order valence-corrected chi connectivity index (χ4v) is 3.41. The number of furan rings is 1.